The van der Waals surface area contributed by atoms with Crippen LogP contribution >= 0.6 is 23.8 Å². The van der Waals surface area contributed by atoms with Crippen molar-refractivity contribution in [3.8, 4) is 11.3 Å². The molecule has 1 aromatic carbocycles. The average molecular weight is 471 g/mol. The van der Waals surface area contributed by atoms with E-state index in [1.165, 1.54) is 12.1 Å². The summed E-state index contributed by atoms with van der Waals surface area (Å²) in [5, 5.41) is 13.8. The summed E-state index contributed by atoms with van der Waals surface area (Å²) in [5.74, 6) is 0.168. The van der Waals surface area contributed by atoms with Gasteiger partial charge >= 0.3 is 5.97 Å². The number of nitrogens with one attached hydrogen (secondary N) is 1. The van der Waals surface area contributed by atoms with Crippen LogP contribution in [0.5, 0.6) is 0 Å². The van der Waals surface area contributed by atoms with E-state index in [9.17, 15) is 9.90 Å². The molecule has 2 atom stereocenters. The van der Waals surface area contributed by atoms with Crippen molar-refractivity contribution in [2.24, 2.45) is 0 Å². The number of carboxylic acid groups (broad SMARTS) is 1. The van der Waals surface area contributed by atoms with Crippen LogP contribution in [0.1, 0.15) is 33.9 Å². The Morgan fingerprint density at radius 1 is 1.28 bits per heavy atom. The molecule has 2 N–H and O–H groups in total. The number of carboxylic acids is 1. The molecule has 2 aromatic heterocycles. The number of rotatable bonds is 7. The second-order valence-corrected chi connectivity index (χ2v) is 8.62. The summed E-state index contributed by atoms with van der Waals surface area (Å²) >= 11 is 12.0. The molecule has 166 valence electrons. The third-order valence-electron chi connectivity index (χ3n) is 5.38. The predicted octanol–water partition coefficient (Wildman–Crippen LogP) is 4.23. The minimum Gasteiger partial charge on any atom is -0.478 e. The van der Waals surface area contributed by atoms with Gasteiger partial charge in [-0.1, -0.05) is 17.7 Å². The first-order valence-corrected chi connectivity index (χ1v) is 10.9. The van der Waals surface area contributed by atoms with Crippen LogP contribution in [-0.4, -0.2) is 58.2 Å². The summed E-state index contributed by atoms with van der Waals surface area (Å²) in [6.45, 7) is 1.52. The second kappa shape index (κ2) is 9.28. The maximum atomic E-state index is 11.4. The zero-order chi connectivity index (χ0) is 22.8. The molecule has 0 spiro atoms. The quantitative estimate of drug-likeness (QED) is 0.496. The van der Waals surface area contributed by atoms with Gasteiger partial charge in [-0.3, -0.25) is 4.98 Å². The molecular formula is C23H23ClN4O3S. The van der Waals surface area contributed by atoms with E-state index >= 15 is 0 Å². The van der Waals surface area contributed by atoms with Gasteiger partial charge in [0.25, 0.3) is 0 Å². The van der Waals surface area contributed by atoms with Gasteiger partial charge in [-0.05, 0) is 68.8 Å². The molecule has 1 aliphatic rings. The lowest BCUT2D eigenvalue weighted by Gasteiger charge is -2.27. The summed E-state index contributed by atoms with van der Waals surface area (Å²) in [4.78, 5) is 20.1. The minimum absolute atomic E-state index is 0.144. The number of pyridine rings is 1. The Kier molecular flexibility index (Phi) is 6.45. The van der Waals surface area contributed by atoms with Crippen LogP contribution in [0.25, 0.3) is 11.3 Å². The number of benzene rings is 1. The molecule has 3 heterocycles. The second-order valence-electron chi connectivity index (χ2n) is 7.83. The molecule has 9 heteroatoms. The van der Waals surface area contributed by atoms with Crippen molar-refractivity contribution in [1.82, 2.24) is 20.1 Å². The third-order valence-corrected chi connectivity index (χ3v) is 6.06. The molecule has 3 aromatic rings. The van der Waals surface area contributed by atoms with Gasteiger partial charge in [0, 0.05) is 24.8 Å². The first kappa shape index (κ1) is 22.3. The fourth-order valence-electron chi connectivity index (χ4n) is 3.77. The van der Waals surface area contributed by atoms with E-state index in [1.54, 1.807) is 12.3 Å². The fourth-order valence-corrected chi connectivity index (χ4v) is 4.31. The molecule has 0 bridgehead atoms. The summed E-state index contributed by atoms with van der Waals surface area (Å²) in [6, 6.07) is 13.6. The van der Waals surface area contributed by atoms with Crippen LogP contribution in [0, 0.1) is 0 Å². The van der Waals surface area contributed by atoms with Crippen molar-refractivity contribution < 1.29 is 14.3 Å². The molecule has 1 aliphatic heterocycles. The molecule has 4 rings (SSSR count). The molecule has 0 amide bonds. The number of likely N-dealkylation sites (N-methyl/N-ethyl adjacent to an activating group) is 1. The highest BCUT2D eigenvalue weighted by atomic mass is 35.5. The van der Waals surface area contributed by atoms with Crippen LogP contribution in [0.3, 0.4) is 0 Å². The Labute approximate surface area is 196 Å². The normalized spacial score (nSPS) is 18.2. The minimum atomic E-state index is -1.02. The number of thiocarbonyl (C=S) groups is 1. The first-order chi connectivity index (χ1) is 15.3. The fraction of sp³-hybridized carbons (Fsp3) is 0.261. The number of halogens is 1. The van der Waals surface area contributed by atoms with Gasteiger partial charge in [-0.2, -0.15) is 0 Å². The number of aromatic carboxylic acids is 1. The Balaban J connectivity index is 1.73. The summed E-state index contributed by atoms with van der Waals surface area (Å²) in [7, 11) is 4.03. The van der Waals surface area contributed by atoms with Crippen molar-refractivity contribution in [2.45, 2.75) is 12.1 Å². The lowest BCUT2D eigenvalue weighted by Crippen LogP contribution is -2.35. The average Bonchev–Trinajstić information content (AvgIpc) is 3.37. The van der Waals surface area contributed by atoms with Crippen LogP contribution in [0.15, 0.2) is 59.1 Å². The summed E-state index contributed by atoms with van der Waals surface area (Å²) in [5.41, 5.74) is 1.53. The highest BCUT2D eigenvalue weighted by Crippen LogP contribution is 2.41. The maximum absolute atomic E-state index is 11.4. The van der Waals surface area contributed by atoms with Gasteiger partial charge in [-0.25, -0.2) is 4.79 Å². The SMILES string of the molecule is CN(C)CCN1C(=S)N[C@H](c2ccccn2)[C@H]1c1ccc(-c2cc(C(=O)O)ccc2Cl)o1. The van der Waals surface area contributed by atoms with Gasteiger partial charge in [0.1, 0.15) is 17.6 Å². The zero-order valence-electron chi connectivity index (χ0n) is 17.7. The van der Waals surface area contributed by atoms with E-state index in [-0.39, 0.29) is 17.6 Å². The third kappa shape index (κ3) is 4.48. The van der Waals surface area contributed by atoms with Crippen LogP contribution < -0.4 is 5.32 Å². The van der Waals surface area contributed by atoms with E-state index in [2.05, 4.69) is 20.1 Å². The number of furan rings is 1. The van der Waals surface area contributed by atoms with Gasteiger partial charge in [0.05, 0.1) is 22.3 Å². The van der Waals surface area contributed by atoms with Crippen LogP contribution in [-0.2, 0) is 0 Å². The van der Waals surface area contributed by atoms with E-state index in [0.717, 1.165) is 12.2 Å². The number of carbonyl (C=O) groups is 1. The molecule has 0 radical (unpaired) electrons. The number of nitrogens with zero attached hydrogens (tertiary/aromatic N) is 3. The number of hydrogen-bond acceptors (Lipinski definition) is 5. The molecule has 32 heavy (non-hydrogen) atoms. The van der Waals surface area contributed by atoms with Gasteiger partial charge < -0.3 is 24.6 Å². The first-order valence-electron chi connectivity index (χ1n) is 10.1. The van der Waals surface area contributed by atoms with Crippen molar-refractivity contribution in [2.75, 3.05) is 27.2 Å². The monoisotopic (exact) mass is 470 g/mol. The van der Waals surface area contributed by atoms with Crippen LogP contribution in [0.2, 0.25) is 5.02 Å². The Bertz CT molecular complexity index is 1140. The van der Waals surface area contributed by atoms with Gasteiger partial charge in [0.2, 0.25) is 0 Å². The highest BCUT2D eigenvalue weighted by molar-refractivity contribution is 7.80. The lowest BCUT2D eigenvalue weighted by atomic mass is 10.0. The van der Waals surface area contributed by atoms with E-state index < -0.39 is 5.97 Å². The standard InChI is InChI=1S/C23H23ClN4O3S/c1-27(2)11-12-28-21(20(26-23(28)32)17-5-3-4-10-25-17)19-9-8-18(31-19)15-13-14(22(29)30)6-7-16(15)24/h3-10,13,20-21H,11-12H2,1-2H3,(H,26,32)(H,29,30)/t20-,21-/m1/s1. The topological polar surface area (TPSA) is 81.8 Å². The van der Waals surface area contributed by atoms with Crippen molar-refractivity contribution in [3.05, 3.63) is 76.8 Å². The van der Waals surface area contributed by atoms with E-state index in [4.69, 9.17) is 28.2 Å². The maximum Gasteiger partial charge on any atom is 0.335 e. The zero-order valence-corrected chi connectivity index (χ0v) is 19.2. The van der Waals surface area contributed by atoms with Gasteiger partial charge in [-0.15, -0.1) is 0 Å². The lowest BCUT2D eigenvalue weighted by molar-refractivity contribution is 0.0697. The van der Waals surface area contributed by atoms with Crippen molar-refractivity contribution in [1.29, 1.82) is 0 Å². The predicted molar refractivity (Wildman–Crippen MR) is 127 cm³/mol. The molecule has 0 aliphatic carbocycles. The smallest absolute Gasteiger partial charge is 0.335 e. The Morgan fingerprint density at radius 3 is 2.78 bits per heavy atom. The largest absolute Gasteiger partial charge is 0.478 e. The van der Waals surface area contributed by atoms with Gasteiger partial charge in [0.15, 0.2) is 5.11 Å². The van der Waals surface area contributed by atoms with E-state index in [1.807, 2.05) is 44.4 Å². The molecule has 1 fully saturated rings. The van der Waals surface area contributed by atoms with Crippen molar-refractivity contribution in [3.63, 3.8) is 0 Å². The summed E-state index contributed by atoms with van der Waals surface area (Å²) < 4.78 is 6.25. The Morgan fingerprint density at radius 2 is 2.09 bits per heavy atom. The molecule has 7 nitrogen and oxygen atoms in total. The van der Waals surface area contributed by atoms with Crippen molar-refractivity contribution >= 4 is 34.9 Å². The van der Waals surface area contributed by atoms with E-state index in [0.29, 0.717) is 33.8 Å². The molecular weight excluding hydrogens is 448 g/mol. The molecule has 1 saturated heterocycles. The highest BCUT2D eigenvalue weighted by Gasteiger charge is 2.41. The molecule has 0 saturated carbocycles. The number of aromatic nitrogens is 1. The van der Waals surface area contributed by atoms with Crippen LogP contribution in [0.4, 0.5) is 0 Å². The Hall–Kier alpha value is -2.94. The number of hydrogen-bond donors (Lipinski definition) is 2. The molecule has 0 unspecified atom stereocenters. The summed E-state index contributed by atoms with van der Waals surface area (Å²) in [6.07, 6.45) is 1.75.